The van der Waals surface area contributed by atoms with Crippen LogP contribution in [-0.4, -0.2) is 17.5 Å². The highest BCUT2D eigenvalue weighted by molar-refractivity contribution is 5.82. The first-order valence-electron chi connectivity index (χ1n) is 6.71. The van der Waals surface area contributed by atoms with Crippen LogP contribution in [0.4, 0.5) is 0 Å². The third-order valence-electron chi connectivity index (χ3n) is 3.42. The van der Waals surface area contributed by atoms with Crippen LogP contribution in [0.1, 0.15) is 25.2 Å². The average Bonchev–Trinajstić information content (AvgIpc) is 2.76. The van der Waals surface area contributed by atoms with Gasteiger partial charge >= 0.3 is 0 Å². The zero-order valence-corrected chi connectivity index (χ0v) is 11.7. The largest absolute Gasteiger partial charge is 0.459 e. The number of nitrogens with zero attached hydrogens (tertiary/aromatic N) is 1. The number of hydrogen-bond donors (Lipinski definition) is 1. The van der Waals surface area contributed by atoms with Crippen molar-refractivity contribution in [3.05, 3.63) is 48.2 Å². The number of rotatable bonds is 6. The van der Waals surface area contributed by atoms with Crippen LogP contribution in [0.2, 0.25) is 0 Å². The third kappa shape index (κ3) is 2.88. The van der Waals surface area contributed by atoms with Crippen molar-refractivity contribution in [2.45, 2.75) is 33.0 Å². The number of para-hydroxylation sites is 1. The van der Waals surface area contributed by atoms with E-state index < -0.39 is 0 Å². The molecule has 102 valence electrons. The lowest BCUT2D eigenvalue weighted by atomic mass is 10.1. The fraction of sp³-hybridized carbons (Fsp3) is 0.375. The minimum atomic E-state index is 0.435. The van der Waals surface area contributed by atoms with Crippen LogP contribution < -0.4 is 5.73 Å². The molecule has 19 heavy (non-hydrogen) atoms. The minimum absolute atomic E-state index is 0.435. The molecule has 0 aliphatic carbocycles. The van der Waals surface area contributed by atoms with Crippen molar-refractivity contribution < 1.29 is 4.42 Å². The summed E-state index contributed by atoms with van der Waals surface area (Å²) in [5.74, 6) is 0.885. The zero-order valence-electron chi connectivity index (χ0n) is 11.7. The highest BCUT2D eigenvalue weighted by Gasteiger charge is 2.17. The Hall–Kier alpha value is -1.58. The Kier molecular flexibility index (Phi) is 4.40. The molecule has 0 spiro atoms. The normalized spacial score (nSPS) is 11.6. The minimum Gasteiger partial charge on any atom is -0.459 e. The first-order chi connectivity index (χ1) is 9.17. The predicted molar refractivity (Wildman–Crippen MR) is 79.8 cm³/mol. The molecular formula is C16H22N2O. The van der Waals surface area contributed by atoms with E-state index in [9.17, 15) is 0 Å². The van der Waals surface area contributed by atoms with Crippen molar-refractivity contribution in [2.24, 2.45) is 5.73 Å². The number of furan rings is 1. The summed E-state index contributed by atoms with van der Waals surface area (Å²) in [6, 6.07) is 8.57. The lowest BCUT2D eigenvalue weighted by Crippen LogP contribution is -2.30. The second-order valence-electron chi connectivity index (χ2n) is 5.02. The number of nitrogens with two attached hydrogens (primary N) is 1. The quantitative estimate of drug-likeness (QED) is 0.808. The van der Waals surface area contributed by atoms with E-state index >= 15 is 0 Å². The Morgan fingerprint density at radius 3 is 2.74 bits per heavy atom. The van der Waals surface area contributed by atoms with Gasteiger partial charge in [-0.15, -0.1) is 6.58 Å². The fourth-order valence-corrected chi connectivity index (χ4v) is 2.31. The van der Waals surface area contributed by atoms with Gasteiger partial charge in [0.2, 0.25) is 0 Å². The highest BCUT2D eigenvalue weighted by atomic mass is 16.3. The van der Waals surface area contributed by atoms with E-state index in [4.69, 9.17) is 10.2 Å². The van der Waals surface area contributed by atoms with Gasteiger partial charge in [-0.2, -0.15) is 0 Å². The molecule has 2 rings (SSSR count). The second-order valence-corrected chi connectivity index (χ2v) is 5.02. The molecular weight excluding hydrogens is 236 g/mol. The van der Waals surface area contributed by atoms with Gasteiger partial charge in [0.15, 0.2) is 0 Å². The van der Waals surface area contributed by atoms with Gasteiger partial charge in [0, 0.05) is 30.1 Å². The van der Waals surface area contributed by atoms with Gasteiger partial charge in [0.05, 0.1) is 6.54 Å². The van der Waals surface area contributed by atoms with Gasteiger partial charge in [-0.05, 0) is 19.9 Å². The molecule has 0 saturated heterocycles. The molecule has 0 amide bonds. The summed E-state index contributed by atoms with van der Waals surface area (Å²) in [5.41, 5.74) is 7.93. The van der Waals surface area contributed by atoms with E-state index in [1.807, 2.05) is 24.3 Å². The molecule has 0 aliphatic rings. The van der Waals surface area contributed by atoms with Crippen LogP contribution >= 0.6 is 0 Å². The Morgan fingerprint density at radius 1 is 1.37 bits per heavy atom. The molecule has 1 aromatic heterocycles. The Morgan fingerprint density at radius 2 is 2.11 bits per heavy atom. The van der Waals surface area contributed by atoms with Crippen molar-refractivity contribution in [1.29, 1.82) is 0 Å². The van der Waals surface area contributed by atoms with Crippen molar-refractivity contribution in [3.8, 4) is 0 Å². The van der Waals surface area contributed by atoms with E-state index in [0.29, 0.717) is 12.6 Å². The number of fused-ring (bicyclic) bond motifs is 1. The summed E-state index contributed by atoms with van der Waals surface area (Å²) < 4.78 is 5.83. The molecule has 2 aromatic rings. The van der Waals surface area contributed by atoms with Gasteiger partial charge in [0.25, 0.3) is 0 Å². The predicted octanol–water partition coefficient (Wildman–Crippen LogP) is 3.29. The Bertz CT molecular complexity index is 557. The van der Waals surface area contributed by atoms with Crippen LogP contribution in [0.3, 0.4) is 0 Å². The lowest BCUT2D eigenvalue weighted by molar-refractivity contribution is 0.236. The highest BCUT2D eigenvalue weighted by Crippen LogP contribution is 2.27. The van der Waals surface area contributed by atoms with Crippen LogP contribution in [-0.2, 0) is 13.1 Å². The Labute approximate surface area is 114 Å². The van der Waals surface area contributed by atoms with Crippen LogP contribution in [0.5, 0.6) is 0 Å². The molecule has 1 heterocycles. The first-order valence-corrected chi connectivity index (χ1v) is 6.71. The number of benzene rings is 1. The van der Waals surface area contributed by atoms with Crippen LogP contribution in [0, 0.1) is 0 Å². The van der Waals surface area contributed by atoms with E-state index in [1.165, 1.54) is 5.56 Å². The molecule has 3 nitrogen and oxygen atoms in total. The van der Waals surface area contributed by atoms with Gasteiger partial charge in [0.1, 0.15) is 11.3 Å². The molecule has 0 atom stereocenters. The van der Waals surface area contributed by atoms with Gasteiger partial charge < -0.3 is 10.2 Å². The smallest absolute Gasteiger partial charge is 0.134 e. The number of hydrogen-bond acceptors (Lipinski definition) is 3. The van der Waals surface area contributed by atoms with Crippen molar-refractivity contribution in [3.63, 3.8) is 0 Å². The standard InChI is InChI=1S/C16H22N2O/c1-4-9-18(12(2)3)11-14-13-7-5-6-8-15(13)19-16(14)10-17/h4-8,12H,1,9-11,17H2,2-3H3. The van der Waals surface area contributed by atoms with E-state index in [0.717, 1.165) is 29.8 Å². The maximum atomic E-state index is 5.83. The topological polar surface area (TPSA) is 42.4 Å². The molecule has 3 heteroatoms. The molecule has 2 N–H and O–H groups in total. The molecule has 0 bridgehead atoms. The van der Waals surface area contributed by atoms with Crippen molar-refractivity contribution >= 4 is 11.0 Å². The monoisotopic (exact) mass is 258 g/mol. The molecule has 1 aromatic carbocycles. The summed E-state index contributed by atoms with van der Waals surface area (Å²) in [6.45, 7) is 10.3. The maximum absolute atomic E-state index is 5.83. The zero-order chi connectivity index (χ0) is 13.8. The van der Waals surface area contributed by atoms with Crippen LogP contribution in [0.25, 0.3) is 11.0 Å². The van der Waals surface area contributed by atoms with E-state index in [2.05, 4.69) is 31.4 Å². The van der Waals surface area contributed by atoms with Gasteiger partial charge in [-0.1, -0.05) is 24.3 Å². The van der Waals surface area contributed by atoms with E-state index in [-0.39, 0.29) is 0 Å². The summed E-state index contributed by atoms with van der Waals surface area (Å²) in [7, 11) is 0. The van der Waals surface area contributed by atoms with Crippen molar-refractivity contribution in [2.75, 3.05) is 6.54 Å². The summed E-state index contributed by atoms with van der Waals surface area (Å²) >= 11 is 0. The molecule has 0 aliphatic heterocycles. The molecule has 0 saturated carbocycles. The summed E-state index contributed by atoms with van der Waals surface area (Å²) in [4.78, 5) is 2.35. The lowest BCUT2D eigenvalue weighted by Gasteiger charge is -2.25. The first kappa shape index (κ1) is 13.8. The second kappa shape index (κ2) is 6.04. The van der Waals surface area contributed by atoms with Crippen molar-refractivity contribution in [1.82, 2.24) is 4.90 Å². The summed E-state index contributed by atoms with van der Waals surface area (Å²) in [5, 5.41) is 1.16. The molecule has 0 radical (unpaired) electrons. The van der Waals surface area contributed by atoms with E-state index in [1.54, 1.807) is 0 Å². The van der Waals surface area contributed by atoms with Gasteiger partial charge in [-0.3, -0.25) is 4.90 Å². The third-order valence-corrected chi connectivity index (χ3v) is 3.42. The average molecular weight is 258 g/mol. The van der Waals surface area contributed by atoms with Crippen LogP contribution in [0.15, 0.2) is 41.3 Å². The summed E-state index contributed by atoms with van der Waals surface area (Å²) in [6.07, 6.45) is 1.93. The molecule has 0 fully saturated rings. The fourth-order valence-electron chi connectivity index (χ4n) is 2.31. The molecule has 0 unspecified atom stereocenters. The maximum Gasteiger partial charge on any atom is 0.134 e. The Balaban J connectivity index is 2.39. The SMILES string of the molecule is C=CCN(Cc1c(CN)oc2ccccc12)C(C)C. The van der Waals surface area contributed by atoms with Gasteiger partial charge in [-0.25, -0.2) is 0 Å².